The molecular weight excluding hydrogens is 360 g/mol. The van der Waals surface area contributed by atoms with Crippen molar-refractivity contribution in [3.05, 3.63) is 70.6 Å². The third-order valence-electron chi connectivity index (χ3n) is 3.77. The first-order valence-corrected chi connectivity index (χ1v) is 9.04. The van der Waals surface area contributed by atoms with Crippen LogP contribution in [0.15, 0.2) is 53.9 Å². The number of carbonyl (C=O) groups excluding carboxylic acids is 2. The first-order chi connectivity index (χ1) is 13.0. The number of aromatic nitrogens is 1. The van der Waals surface area contributed by atoms with Gasteiger partial charge < -0.3 is 5.32 Å². The number of thiazole rings is 1. The van der Waals surface area contributed by atoms with E-state index in [9.17, 15) is 9.59 Å². The van der Waals surface area contributed by atoms with E-state index in [1.807, 2.05) is 35.7 Å². The van der Waals surface area contributed by atoms with Gasteiger partial charge in [-0.3, -0.25) is 14.9 Å². The molecule has 2 aromatic carbocycles. The number of carbonyl (C=O) groups is 2. The molecule has 0 unspecified atom stereocenters. The monoisotopic (exact) mass is 376 g/mol. The van der Waals surface area contributed by atoms with Crippen molar-refractivity contribution >= 4 is 28.3 Å². The van der Waals surface area contributed by atoms with Crippen molar-refractivity contribution in [2.45, 2.75) is 13.5 Å². The summed E-state index contributed by atoms with van der Waals surface area (Å²) in [6.45, 7) is 1.96. The lowest BCUT2D eigenvalue weighted by Gasteiger charge is -2.04. The van der Waals surface area contributed by atoms with E-state index < -0.39 is 0 Å². The summed E-state index contributed by atoms with van der Waals surface area (Å²) in [5.74, 6) is -0.377. The summed E-state index contributed by atoms with van der Waals surface area (Å²) in [7, 11) is 0. The van der Waals surface area contributed by atoms with E-state index in [2.05, 4.69) is 15.6 Å². The molecule has 2 N–H and O–H groups in total. The minimum atomic E-state index is -0.307. The number of amides is 2. The summed E-state index contributed by atoms with van der Waals surface area (Å²) in [4.78, 5) is 27.7. The second kappa shape index (κ2) is 8.25. The van der Waals surface area contributed by atoms with Crippen LogP contribution in [-0.4, -0.2) is 16.8 Å². The average molecular weight is 376 g/mol. The van der Waals surface area contributed by atoms with Gasteiger partial charge in [0.25, 0.3) is 5.91 Å². The van der Waals surface area contributed by atoms with Gasteiger partial charge in [-0.1, -0.05) is 30.3 Å². The molecule has 0 atom stereocenters. The van der Waals surface area contributed by atoms with E-state index in [1.54, 1.807) is 18.2 Å². The third-order valence-corrected chi connectivity index (χ3v) is 4.53. The fourth-order valence-corrected chi connectivity index (χ4v) is 3.10. The van der Waals surface area contributed by atoms with Crippen LogP contribution < -0.4 is 10.6 Å². The molecule has 0 spiro atoms. The lowest BCUT2D eigenvalue weighted by Crippen LogP contribution is -2.18. The summed E-state index contributed by atoms with van der Waals surface area (Å²) in [5.41, 5.74) is 3.52. The van der Waals surface area contributed by atoms with Gasteiger partial charge in [0.1, 0.15) is 0 Å². The Morgan fingerprint density at radius 3 is 2.67 bits per heavy atom. The molecule has 0 aliphatic carbocycles. The minimum absolute atomic E-state index is 0.0701. The predicted molar refractivity (Wildman–Crippen MR) is 104 cm³/mol. The Balaban J connectivity index is 1.68. The van der Waals surface area contributed by atoms with Crippen molar-refractivity contribution in [2.75, 3.05) is 5.32 Å². The van der Waals surface area contributed by atoms with E-state index in [4.69, 9.17) is 5.26 Å². The molecule has 7 heteroatoms. The highest BCUT2D eigenvalue weighted by Gasteiger charge is 2.10. The van der Waals surface area contributed by atoms with Crippen molar-refractivity contribution in [2.24, 2.45) is 0 Å². The number of nitrogens with one attached hydrogen (secondary N) is 2. The molecule has 0 aliphatic heterocycles. The van der Waals surface area contributed by atoms with Crippen LogP contribution >= 0.6 is 11.3 Å². The maximum Gasteiger partial charge on any atom is 0.257 e. The van der Waals surface area contributed by atoms with Gasteiger partial charge in [0.2, 0.25) is 5.91 Å². The van der Waals surface area contributed by atoms with Gasteiger partial charge in [0.05, 0.1) is 17.3 Å². The molecule has 134 valence electrons. The highest BCUT2D eigenvalue weighted by atomic mass is 32.1. The van der Waals surface area contributed by atoms with Gasteiger partial charge in [0.15, 0.2) is 5.13 Å². The zero-order valence-electron chi connectivity index (χ0n) is 14.5. The van der Waals surface area contributed by atoms with Gasteiger partial charge in [-0.2, -0.15) is 5.26 Å². The molecule has 3 rings (SSSR count). The van der Waals surface area contributed by atoms with Gasteiger partial charge in [-0.05, 0) is 23.8 Å². The Morgan fingerprint density at radius 2 is 1.96 bits per heavy atom. The number of hydrogen-bond donors (Lipinski definition) is 2. The summed E-state index contributed by atoms with van der Waals surface area (Å²) < 4.78 is 0. The molecule has 1 heterocycles. The van der Waals surface area contributed by atoms with Crippen molar-refractivity contribution in [3.63, 3.8) is 0 Å². The summed E-state index contributed by atoms with van der Waals surface area (Å²) in [5, 5.41) is 16.8. The van der Waals surface area contributed by atoms with E-state index in [-0.39, 0.29) is 11.8 Å². The molecule has 6 nitrogen and oxygen atoms in total. The number of rotatable bonds is 5. The van der Waals surface area contributed by atoms with Crippen LogP contribution in [-0.2, 0) is 11.3 Å². The third kappa shape index (κ3) is 4.77. The Morgan fingerprint density at radius 1 is 1.19 bits per heavy atom. The van der Waals surface area contributed by atoms with Crippen LogP contribution in [0, 0.1) is 11.3 Å². The maximum atomic E-state index is 12.3. The molecule has 1 aromatic heterocycles. The zero-order valence-corrected chi connectivity index (χ0v) is 15.3. The number of nitriles is 1. The first-order valence-electron chi connectivity index (χ1n) is 8.16. The summed E-state index contributed by atoms with van der Waals surface area (Å²) in [6, 6.07) is 16.2. The lowest BCUT2D eigenvalue weighted by atomic mass is 10.1. The Labute approximate surface area is 160 Å². The number of hydrogen-bond acceptors (Lipinski definition) is 5. The summed E-state index contributed by atoms with van der Waals surface area (Å²) >= 11 is 1.33. The standard InChI is InChI=1S/C20H16N4O2S/c1-13(25)22-11-14-5-7-16(8-6-14)18-12-27-20(23-18)24-19(26)17-4-2-3-15(9-17)10-21/h2-9,12H,11H2,1H3,(H,22,25)(H,23,24,26). The van der Waals surface area contributed by atoms with Crippen LogP contribution in [0.5, 0.6) is 0 Å². The predicted octanol–water partition coefficient (Wildman–Crippen LogP) is 3.57. The molecule has 3 aromatic rings. The van der Waals surface area contributed by atoms with Gasteiger partial charge in [-0.15, -0.1) is 11.3 Å². The molecule has 0 saturated heterocycles. The Hall–Kier alpha value is -3.50. The van der Waals surface area contributed by atoms with Crippen molar-refractivity contribution < 1.29 is 9.59 Å². The first kappa shape index (κ1) is 18.3. The van der Waals surface area contributed by atoms with Crippen LogP contribution in [0.3, 0.4) is 0 Å². The van der Waals surface area contributed by atoms with E-state index >= 15 is 0 Å². The van der Waals surface area contributed by atoms with Gasteiger partial charge >= 0.3 is 0 Å². The van der Waals surface area contributed by atoms with Crippen molar-refractivity contribution in [1.82, 2.24) is 10.3 Å². The molecule has 0 bridgehead atoms. The van der Waals surface area contributed by atoms with E-state index in [1.165, 1.54) is 24.3 Å². The lowest BCUT2D eigenvalue weighted by molar-refractivity contribution is -0.119. The highest BCUT2D eigenvalue weighted by Crippen LogP contribution is 2.25. The van der Waals surface area contributed by atoms with Crippen LogP contribution in [0.25, 0.3) is 11.3 Å². The number of anilines is 1. The Bertz CT molecular complexity index is 1020. The smallest absolute Gasteiger partial charge is 0.257 e. The second-order valence-corrected chi connectivity index (χ2v) is 6.65. The fraction of sp³-hybridized carbons (Fsp3) is 0.100. The molecular formula is C20H16N4O2S. The SMILES string of the molecule is CC(=O)NCc1ccc(-c2csc(NC(=O)c3cccc(C#N)c3)n2)cc1. The molecule has 0 aliphatic rings. The van der Waals surface area contributed by atoms with E-state index in [0.717, 1.165) is 16.8 Å². The topological polar surface area (TPSA) is 94.9 Å². The largest absolute Gasteiger partial charge is 0.352 e. The van der Waals surface area contributed by atoms with Gasteiger partial charge in [-0.25, -0.2) is 4.98 Å². The van der Waals surface area contributed by atoms with Crippen LogP contribution in [0.4, 0.5) is 5.13 Å². The van der Waals surface area contributed by atoms with Crippen molar-refractivity contribution in [3.8, 4) is 17.3 Å². The summed E-state index contributed by atoms with van der Waals surface area (Å²) in [6.07, 6.45) is 0. The minimum Gasteiger partial charge on any atom is -0.352 e. The molecule has 0 radical (unpaired) electrons. The highest BCUT2D eigenvalue weighted by molar-refractivity contribution is 7.14. The molecule has 0 saturated carbocycles. The van der Waals surface area contributed by atoms with Crippen molar-refractivity contribution in [1.29, 1.82) is 5.26 Å². The Kier molecular flexibility index (Phi) is 5.59. The number of benzene rings is 2. The van der Waals surface area contributed by atoms with Crippen LogP contribution in [0.2, 0.25) is 0 Å². The normalized spacial score (nSPS) is 10.1. The maximum absolute atomic E-state index is 12.3. The zero-order chi connectivity index (χ0) is 19.2. The van der Waals surface area contributed by atoms with E-state index in [0.29, 0.717) is 22.8 Å². The average Bonchev–Trinajstić information content (AvgIpc) is 3.15. The molecule has 2 amide bonds. The quantitative estimate of drug-likeness (QED) is 0.712. The second-order valence-electron chi connectivity index (χ2n) is 5.79. The van der Waals surface area contributed by atoms with Gasteiger partial charge in [0, 0.05) is 30.0 Å². The van der Waals surface area contributed by atoms with Crippen LogP contribution in [0.1, 0.15) is 28.4 Å². The number of nitrogens with zero attached hydrogens (tertiary/aromatic N) is 2. The molecule has 27 heavy (non-hydrogen) atoms. The fourth-order valence-electron chi connectivity index (χ4n) is 2.38. The molecule has 0 fully saturated rings.